The number of nitrogens with zero attached hydrogens (tertiary/aromatic N) is 1. The summed E-state index contributed by atoms with van der Waals surface area (Å²) >= 11 is 0. The lowest BCUT2D eigenvalue weighted by molar-refractivity contribution is 0.226. The van der Waals surface area contributed by atoms with Crippen LogP contribution in [0.25, 0.3) is 0 Å². The van der Waals surface area contributed by atoms with E-state index in [2.05, 4.69) is 4.90 Å². The van der Waals surface area contributed by atoms with Gasteiger partial charge in [-0.1, -0.05) is 18.6 Å². The molecule has 1 saturated heterocycles. The van der Waals surface area contributed by atoms with E-state index in [9.17, 15) is 8.42 Å². The van der Waals surface area contributed by atoms with E-state index in [1.165, 1.54) is 38.6 Å². The average molecular weight is 281 g/mol. The highest BCUT2D eigenvalue weighted by atomic mass is 32.2. The van der Waals surface area contributed by atoms with Crippen LogP contribution < -0.4 is 0 Å². The molecule has 0 saturated carbocycles. The summed E-state index contributed by atoms with van der Waals surface area (Å²) in [5.41, 5.74) is 1.12. The summed E-state index contributed by atoms with van der Waals surface area (Å²) in [5, 5.41) is 0. The molecule has 0 aromatic heterocycles. The number of sulfone groups is 1. The molecule has 2 rings (SSSR count). The molecule has 1 aliphatic rings. The Balaban J connectivity index is 1.85. The number of hydrogen-bond donors (Lipinski definition) is 0. The van der Waals surface area contributed by atoms with E-state index in [1.807, 2.05) is 18.2 Å². The third-order valence-corrected chi connectivity index (χ3v) is 4.83. The van der Waals surface area contributed by atoms with Crippen molar-refractivity contribution in [3.63, 3.8) is 0 Å². The molecule has 0 unspecified atom stereocenters. The van der Waals surface area contributed by atoms with E-state index in [0.717, 1.165) is 24.9 Å². The Morgan fingerprint density at radius 2 is 1.89 bits per heavy atom. The Kier molecular flexibility index (Phi) is 4.99. The predicted octanol–water partition coefficient (Wildman–Crippen LogP) is 2.51. The van der Waals surface area contributed by atoms with Gasteiger partial charge in [0.2, 0.25) is 0 Å². The second-order valence-electron chi connectivity index (χ2n) is 5.43. The molecule has 0 spiro atoms. The van der Waals surface area contributed by atoms with E-state index in [1.54, 1.807) is 6.07 Å². The summed E-state index contributed by atoms with van der Waals surface area (Å²) in [6.07, 6.45) is 7.34. The van der Waals surface area contributed by atoms with Crippen molar-refractivity contribution in [2.24, 2.45) is 0 Å². The molecule has 0 N–H and O–H groups in total. The van der Waals surface area contributed by atoms with E-state index in [-0.39, 0.29) is 0 Å². The van der Waals surface area contributed by atoms with Gasteiger partial charge in [0, 0.05) is 6.26 Å². The molecule has 0 amide bonds. The molecular weight excluding hydrogens is 258 g/mol. The highest BCUT2D eigenvalue weighted by Crippen LogP contribution is 2.14. The van der Waals surface area contributed by atoms with Gasteiger partial charge in [0.1, 0.15) is 0 Å². The van der Waals surface area contributed by atoms with Gasteiger partial charge in [-0.15, -0.1) is 0 Å². The van der Waals surface area contributed by atoms with Gasteiger partial charge in [0.05, 0.1) is 4.90 Å². The topological polar surface area (TPSA) is 37.4 Å². The van der Waals surface area contributed by atoms with Gasteiger partial charge >= 0.3 is 0 Å². The van der Waals surface area contributed by atoms with E-state index < -0.39 is 9.84 Å². The lowest BCUT2D eigenvalue weighted by atomic mass is 10.1. The fraction of sp³-hybridized carbons (Fsp3) is 0.600. The molecule has 1 aromatic carbocycles. The van der Waals surface area contributed by atoms with Crippen molar-refractivity contribution in [2.45, 2.75) is 37.0 Å². The van der Waals surface area contributed by atoms with Crippen LogP contribution in [0.15, 0.2) is 29.2 Å². The zero-order chi connectivity index (χ0) is 13.7. The number of benzene rings is 1. The normalized spacial score (nSPS) is 17.5. The van der Waals surface area contributed by atoms with Crippen LogP contribution in [0.3, 0.4) is 0 Å². The highest BCUT2D eigenvalue weighted by molar-refractivity contribution is 7.90. The van der Waals surface area contributed by atoms with E-state index in [0.29, 0.717) is 4.90 Å². The van der Waals surface area contributed by atoms with E-state index >= 15 is 0 Å². The minimum absolute atomic E-state index is 0.433. The summed E-state index contributed by atoms with van der Waals surface area (Å²) in [6.45, 7) is 3.58. The maximum atomic E-state index is 11.5. The number of aryl methyl sites for hydroxylation is 1. The Morgan fingerprint density at radius 3 is 2.58 bits per heavy atom. The first-order valence-electron chi connectivity index (χ1n) is 7.07. The molecule has 19 heavy (non-hydrogen) atoms. The monoisotopic (exact) mass is 281 g/mol. The van der Waals surface area contributed by atoms with Gasteiger partial charge in [-0.25, -0.2) is 8.42 Å². The number of piperidine rings is 1. The van der Waals surface area contributed by atoms with Crippen molar-refractivity contribution >= 4 is 9.84 Å². The number of rotatable bonds is 5. The fourth-order valence-corrected chi connectivity index (χ4v) is 3.31. The molecule has 106 valence electrons. The van der Waals surface area contributed by atoms with Crippen molar-refractivity contribution < 1.29 is 8.42 Å². The van der Waals surface area contributed by atoms with Crippen molar-refractivity contribution in [1.82, 2.24) is 4.90 Å². The minimum atomic E-state index is -3.08. The minimum Gasteiger partial charge on any atom is -0.303 e. The fourth-order valence-electron chi connectivity index (χ4n) is 2.62. The molecular formula is C15H23NO2S. The summed E-state index contributed by atoms with van der Waals surface area (Å²) in [5.74, 6) is 0. The van der Waals surface area contributed by atoms with Crippen LogP contribution in [0, 0.1) is 0 Å². The zero-order valence-corrected chi connectivity index (χ0v) is 12.5. The van der Waals surface area contributed by atoms with Crippen LogP contribution in [-0.2, 0) is 16.3 Å². The summed E-state index contributed by atoms with van der Waals surface area (Å²) in [6, 6.07) is 7.34. The summed E-state index contributed by atoms with van der Waals surface area (Å²) < 4.78 is 23.0. The second-order valence-corrected chi connectivity index (χ2v) is 7.44. The third-order valence-electron chi connectivity index (χ3n) is 3.72. The average Bonchev–Trinajstić information content (AvgIpc) is 2.39. The molecule has 1 aromatic rings. The van der Waals surface area contributed by atoms with Crippen LogP contribution in [0.4, 0.5) is 0 Å². The lowest BCUT2D eigenvalue weighted by Crippen LogP contribution is -2.30. The first-order valence-corrected chi connectivity index (χ1v) is 8.96. The molecule has 0 bridgehead atoms. The van der Waals surface area contributed by atoms with Gasteiger partial charge in [-0.05, 0) is 63.0 Å². The first-order chi connectivity index (χ1) is 9.05. The smallest absolute Gasteiger partial charge is 0.175 e. The molecule has 0 atom stereocenters. The van der Waals surface area contributed by atoms with Gasteiger partial charge in [-0.2, -0.15) is 0 Å². The Hall–Kier alpha value is -0.870. The number of hydrogen-bond acceptors (Lipinski definition) is 3. The maximum Gasteiger partial charge on any atom is 0.175 e. The maximum absolute atomic E-state index is 11.5. The van der Waals surface area contributed by atoms with Gasteiger partial charge in [0.25, 0.3) is 0 Å². The quantitative estimate of drug-likeness (QED) is 0.832. The van der Waals surface area contributed by atoms with Crippen LogP contribution in [-0.4, -0.2) is 39.2 Å². The van der Waals surface area contributed by atoms with Crippen molar-refractivity contribution in [2.75, 3.05) is 25.9 Å². The van der Waals surface area contributed by atoms with Crippen molar-refractivity contribution in [1.29, 1.82) is 0 Å². The Morgan fingerprint density at radius 1 is 1.16 bits per heavy atom. The van der Waals surface area contributed by atoms with Gasteiger partial charge < -0.3 is 4.90 Å². The van der Waals surface area contributed by atoms with Gasteiger partial charge in [-0.3, -0.25) is 0 Å². The lowest BCUT2D eigenvalue weighted by Gasteiger charge is -2.26. The first kappa shape index (κ1) is 14.5. The standard InChI is InChI=1S/C15H23NO2S/c1-19(17,18)15-9-5-7-14(13-15)8-6-12-16-10-3-2-4-11-16/h5,7,9,13H,2-4,6,8,10-12H2,1H3. The molecule has 1 aliphatic heterocycles. The number of likely N-dealkylation sites (tertiary alicyclic amines) is 1. The Labute approximate surface area is 116 Å². The molecule has 3 nitrogen and oxygen atoms in total. The Bertz CT molecular complexity index is 505. The van der Waals surface area contributed by atoms with Crippen LogP contribution in [0.1, 0.15) is 31.2 Å². The molecule has 4 heteroatoms. The van der Waals surface area contributed by atoms with Crippen molar-refractivity contribution in [3.05, 3.63) is 29.8 Å². The summed E-state index contributed by atoms with van der Waals surface area (Å²) in [7, 11) is -3.08. The van der Waals surface area contributed by atoms with Gasteiger partial charge in [0.15, 0.2) is 9.84 Å². The zero-order valence-electron chi connectivity index (χ0n) is 11.6. The molecule has 0 aliphatic carbocycles. The van der Waals surface area contributed by atoms with Crippen LogP contribution >= 0.6 is 0 Å². The highest BCUT2D eigenvalue weighted by Gasteiger charge is 2.10. The van der Waals surface area contributed by atoms with E-state index in [4.69, 9.17) is 0 Å². The predicted molar refractivity (Wildman–Crippen MR) is 78.2 cm³/mol. The van der Waals surface area contributed by atoms with Crippen LogP contribution in [0.5, 0.6) is 0 Å². The third kappa shape index (κ3) is 4.62. The SMILES string of the molecule is CS(=O)(=O)c1cccc(CCCN2CCCCC2)c1. The van der Waals surface area contributed by atoms with Crippen molar-refractivity contribution in [3.8, 4) is 0 Å². The second kappa shape index (κ2) is 6.53. The largest absolute Gasteiger partial charge is 0.303 e. The molecule has 1 heterocycles. The molecule has 1 fully saturated rings. The summed E-state index contributed by atoms with van der Waals surface area (Å²) in [4.78, 5) is 2.95. The molecule has 0 radical (unpaired) electrons. The van der Waals surface area contributed by atoms with Crippen LogP contribution in [0.2, 0.25) is 0 Å².